The highest BCUT2D eigenvalue weighted by atomic mass is 16.5. The topological polar surface area (TPSA) is 100 Å². The highest BCUT2D eigenvalue weighted by Crippen LogP contribution is 2.44. The molecule has 0 unspecified atom stereocenters. The Hall–Kier alpha value is -3.15. The SMILES string of the molecule is COc1cc2c3c(c(=O)oc2cc1O)-c1cc(O)c(O)cc1C3. The molecular weight excluding hydrogens is 300 g/mol. The second-order valence-corrected chi connectivity index (χ2v) is 5.44. The summed E-state index contributed by atoms with van der Waals surface area (Å²) in [4.78, 5) is 12.3. The van der Waals surface area contributed by atoms with E-state index in [1.165, 1.54) is 25.3 Å². The first-order valence-corrected chi connectivity index (χ1v) is 6.91. The number of hydrogen-bond donors (Lipinski definition) is 3. The lowest BCUT2D eigenvalue weighted by Crippen LogP contribution is -2.04. The number of phenolic OH excluding ortho intramolecular Hbond substituents is 3. The summed E-state index contributed by atoms with van der Waals surface area (Å²) in [5, 5.41) is 29.8. The van der Waals surface area contributed by atoms with Crippen molar-refractivity contribution in [2.24, 2.45) is 0 Å². The lowest BCUT2D eigenvalue weighted by Gasteiger charge is -2.08. The smallest absolute Gasteiger partial charge is 0.344 e. The molecule has 1 aliphatic carbocycles. The summed E-state index contributed by atoms with van der Waals surface area (Å²) >= 11 is 0. The molecule has 116 valence electrons. The van der Waals surface area contributed by atoms with Crippen molar-refractivity contribution in [1.29, 1.82) is 0 Å². The van der Waals surface area contributed by atoms with Crippen molar-refractivity contribution in [3.05, 3.63) is 45.8 Å². The van der Waals surface area contributed by atoms with Gasteiger partial charge in [-0.1, -0.05) is 0 Å². The Kier molecular flexibility index (Phi) is 2.60. The molecule has 0 spiro atoms. The molecule has 6 heteroatoms. The molecule has 2 aromatic carbocycles. The Balaban J connectivity index is 2.09. The zero-order chi connectivity index (χ0) is 16.3. The van der Waals surface area contributed by atoms with Gasteiger partial charge in [0.1, 0.15) is 5.58 Å². The summed E-state index contributed by atoms with van der Waals surface area (Å²) in [5.41, 5.74) is 2.04. The van der Waals surface area contributed by atoms with Crippen LogP contribution in [0, 0.1) is 0 Å². The maximum Gasteiger partial charge on any atom is 0.344 e. The van der Waals surface area contributed by atoms with E-state index in [2.05, 4.69) is 0 Å². The van der Waals surface area contributed by atoms with Crippen LogP contribution in [0.5, 0.6) is 23.0 Å². The highest BCUT2D eigenvalue weighted by Gasteiger charge is 2.27. The van der Waals surface area contributed by atoms with E-state index < -0.39 is 5.63 Å². The van der Waals surface area contributed by atoms with Crippen molar-refractivity contribution < 1.29 is 24.5 Å². The summed E-state index contributed by atoms with van der Waals surface area (Å²) in [5.74, 6) is -0.371. The number of methoxy groups -OCH3 is 1. The zero-order valence-corrected chi connectivity index (χ0v) is 12.1. The second-order valence-electron chi connectivity index (χ2n) is 5.44. The summed E-state index contributed by atoms with van der Waals surface area (Å²) in [6, 6.07) is 5.75. The third-order valence-corrected chi connectivity index (χ3v) is 4.15. The van der Waals surface area contributed by atoms with Crippen LogP contribution < -0.4 is 10.4 Å². The van der Waals surface area contributed by atoms with E-state index in [1.54, 1.807) is 6.07 Å². The van der Waals surface area contributed by atoms with Crippen molar-refractivity contribution in [3.63, 3.8) is 0 Å². The van der Waals surface area contributed by atoms with Crippen LogP contribution in [-0.2, 0) is 6.42 Å². The number of aromatic hydroxyl groups is 3. The number of phenols is 3. The molecule has 1 heterocycles. The highest BCUT2D eigenvalue weighted by molar-refractivity contribution is 5.93. The third kappa shape index (κ3) is 1.78. The number of rotatable bonds is 1. The number of hydrogen-bond acceptors (Lipinski definition) is 6. The fourth-order valence-electron chi connectivity index (χ4n) is 3.09. The van der Waals surface area contributed by atoms with Crippen molar-refractivity contribution >= 4 is 11.0 Å². The van der Waals surface area contributed by atoms with Gasteiger partial charge in [0.2, 0.25) is 0 Å². The average molecular weight is 312 g/mol. The predicted octanol–water partition coefficient (Wildman–Crippen LogP) is 2.49. The van der Waals surface area contributed by atoms with Gasteiger partial charge in [-0.05, 0) is 41.3 Å². The molecule has 0 saturated heterocycles. The molecule has 3 aromatic rings. The summed E-state index contributed by atoms with van der Waals surface area (Å²) in [7, 11) is 1.44. The summed E-state index contributed by atoms with van der Waals surface area (Å²) < 4.78 is 10.4. The summed E-state index contributed by atoms with van der Waals surface area (Å²) in [6.07, 6.45) is 0.411. The van der Waals surface area contributed by atoms with Crippen LogP contribution in [0.2, 0.25) is 0 Å². The van der Waals surface area contributed by atoms with Gasteiger partial charge in [-0.25, -0.2) is 4.79 Å². The molecule has 4 rings (SSSR count). The van der Waals surface area contributed by atoms with Crippen LogP contribution in [0.25, 0.3) is 22.1 Å². The van der Waals surface area contributed by atoms with Crippen molar-refractivity contribution in [2.45, 2.75) is 6.42 Å². The van der Waals surface area contributed by atoms with E-state index in [-0.39, 0.29) is 28.6 Å². The molecule has 0 atom stereocenters. The van der Waals surface area contributed by atoms with Gasteiger partial charge in [-0.2, -0.15) is 0 Å². The van der Waals surface area contributed by atoms with Crippen LogP contribution >= 0.6 is 0 Å². The first kappa shape index (κ1) is 13.5. The molecule has 0 amide bonds. The van der Waals surface area contributed by atoms with E-state index in [0.29, 0.717) is 22.9 Å². The minimum Gasteiger partial charge on any atom is -0.504 e. The maximum absolute atomic E-state index is 12.3. The van der Waals surface area contributed by atoms with E-state index in [4.69, 9.17) is 9.15 Å². The molecule has 23 heavy (non-hydrogen) atoms. The minimum absolute atomic E-state index is 0.117. The average Bonchev–Trinajstić information content (AvgIpc) is 2.86. The lowest BCUT2D eigenvalue weighted by atomic mass is 10.0. The van der Waals surface area contributed by atoms with Crippen LogP contribution in [0.4, 0.5) is 0 Å². The van der Waals surface area contributed by atoms with Gasteiger partial charge >= 0.3 is 5.63 Å². The first-order valence-electron chi connectivity index (χ1n) is 6.91. The molecule has 3 N–H and O–H groups in total. The molecule has 0 aliphatic heterocycles. The Bertz CT molecular complexity index is 1030. The number of benzene rings is 2. The lowest BCUT2D eigenvalue weighted by molar-refractivity contribution is 0.373. The monoisotopic (exact) mass is 312 g/mol. The molecule has 0 saturated carbocycles. The maximum atomic E-state index is 12.3. The van der Waals surface area contributed by atoms with Crippen LogP contribution in [0.15, 0.2) is 33.5 Å². The molecule has 1 aromatic heterocycles. The minimum atomic E-state index is -0.555. The molecule has 6 nitrogen and oxygen atoms in total. The quantitative estimate of drug-likeness (QED) is 0.369. The number of ether oxygens (including phenoxy) is 1. The van der Waals surface area contributed by atoms with Gasteiger partial charge in [0, 0.05) is 11.5 Å². The largest absolute Gasteiger partial charge is 0.504 e. The molecule has 0 fully saturated rings. The second kappa shape index (κ2) is 4.42. The molecule has 1 aliphatic rings. The summed E-state index contributed by atoms with van der Waals surface area (Å²) in [6.45, 7) is 0. The Morgan fingerprint density at radius 3 is 2.52 bits per heavy atom. The van der Waals surface area contributed by atoms with Gasteiger partial charge in [0.25, 0.3) is 0 Å². The Labute approximate surface area is 129 Å². The van der Waals surface area contributed by atoms with E-state index in [1.807, 2.05) is 0 Å². The fraction of sp³-hybridized carbons (Fsp3) is 0.118. The zero-order valence-electron chi connectivity index (χ0n) is 12.1. The molecule has 0 radical (unpaired) electrons. The van der Waals surface area contributed by atoms with Crippen molar-refractivity contribution in [3.8, 4) is 34.1 Å². The first-order chi connectivity index (χ1) is 11.0. The van der Waals surface area contributed by atoms with E-state index in [0.717, 1.165) is 11.1 Å². The van der Waals surface area contributed by atoms with Crippen LogP contribution in [0.3, 0.4) is 0 Å². The van der Waals surface area contributed by atoms with Crippen LogP contribution in [-0.4, -0.2) is 22.4 Å². The van der Waals surface area contributed by atoms with E-state index in [9.17, 15) is 20.1 Å². The Morgan fingerprint density at radius 2 is 1.78 bits per heavy atom. The third-order valence-electron chi connectivity index (χ3n) is 4.15. The van der Waals surface area contributed by atoms with Crippen molar-refractivity contribution in [1.82, 2.24) is 0 Å². The van der Waals surface area contributed by atoms with Gasteiger partial charge in [-0.3, -0.25) is 0 Å². The van der Waals surface area contributed by atoms with Gasteiger partial charge in [0.15, 0.2) is 23.0 Å². The van der Waals surface area contributed by atoms with Crippen LogP contribution in [0.1, 0.15) is 11.1 Å². The molecular formula is C17H12O6. The Morgan fingerprint density at radius 1 is 1.04 bits per heavy atom. The van der Waals surface area contributed by atoms with Gasteiger partial charge < -0.3 is 24.5 Å². The predicted molar refractivity (Wildman–Crippen MR) is 82.3 cm³/mol. The van der Waals surface area contributed by atoms with E-state index >= 15 is 0 Å². The van der Waals surface area contributed by atoms with Crippen molar-refractivity contribution in [2.75, 3.05) is 7.11 Å². The standard InChI is InChI=1S/C17H12O6/c1-22-15-5-9-10-2-7-3-11(18)12(19)4-8(7)16(10)17(21)23-14(9)6-13(15)20/h3-6,18-20H,2H2,1H3. The number of fused-ring (bicyclic) bond motifs is 5. The molecule has 0 bridgehead atoms. The normalized spacial score (nSPS) is 12.2. The fourth-order valence-corrected chi connectivity index (χ4v) is 3.09. The van der Waals surface area contributed by atoms with Gasteiger partial charge in [-0.15, -0.1) is 0 Å². The van der Waals surface area contributed by atoms with Gasteiger partial charge in [0.05, 0.1) is 12.7 Å².